The second-order valence-corrected chi connectivity index (χ2v) is 4.60. The summed E-state index contributed by atoms with van der Waals surface area (Å²) in [5, 5.41) is 41.1. The minimum absolute atomic E-state index is 0.322. The normalized spacial score (nSPS) is 10.4. The third kappa shape index (κ3) is 11.4. The van der Waals surface area contributed by atoms with Crippen LogP contribution in [0.4, 0.5) is 0 Å². The van der Waals surface area contributed by atoms with E-state index in [1.54, 1.807) is 52.0 Å². The predicted molar refractivity (Wildman–Crippen MR) is 72.3 cm³/mol. The zero-order valence-electron chi connectivity index (χ0n) is 11.3. The summed E-state index contributed by atoms with van der Waals surface area (Å²) in [6.45, 7) is 6.31. The van der Waals surface area contributed by atoms with Gasteiger partial charge in [-0.2, -0.15) is 0 Å². The Hall–Kier alpha value is -1.08. The largest absolute Gasteiger partial charge is 0.508 e. The van der Waals surface area contributed by atoms with E-state index in [-0.39, 0.29) is 0 Å². The Kier molecular flexibility index (Phi) is 9.57. The van der Waals surface area contributed by atoms with E-state index in [0.717, 1.165) is 0 Å². The standard InChI is InChI=1S/C6H14O2.C6H6O.BH3O2/c1-5(2,7)6(3,4)8;7-6-4-2-1-3-5-6;2-1-3/h7-8H,1-4H3;1-5,7H;1-3H. The highest BCUT2D eigenvalue weighted by atomic mass is 16.4. The van der Waals surface area contributed by atoms with Crippen LogP contribution in [-0.4, -0.2) is 44.3 Å². The summed E-state index contributed by atoms with van der Waals surface area (Å²) in [5.41, 5.74) is -2.01. The maximum Gasteiger partial charge on any atom is 0.432 e. The number of aromatic hydroxyl groups is 1. The summed E-state index contributed by atoms with van der Waals surface area (Å²) >= 11 is 0. The quantitative estimate of drug-likeness (QED) is 0.462. The highest BCUT2D eigenvalue weighted by Crippen LogP contribution is 2.19. The average Bonchev–Trinajstić information content (AvgIpc) is 2.17. The molecule has 5 nitrogen and oxygen atoms in total. The van der Waals surface area contributed by atoms with Gasteiger partial charge in [-0.15, -0.1) is 0 Å². The van der Waals surface area contributed by atoms with Crippen molar-refractivity contribution in [3.63, 3.8) is 0 Å². The molecule has 1 rings (SSSR count). The number of benzene rings is 1. The summed E-state index contributed by atoms with van der Waals surface area (Å²) in [7, 11) is -0.750. The van der Waals surface area contributed by atoms with Crippen molar-refractivity contribution in [3.8, 4) is 5.75 Å². The van der Waals surface area contributed by atoms with E-state index in [1.807, 2.05) is 6.07 Å². The third-order valence-corrected chi connectivity index (χ3v) is 2.25. The summed E-state index contributed by atoms with van der Waals surface area (Å²) in [5.74, 6) is 0.322. The first-order valence-electron chi connectivity index (χ1n) is 5.46. The first kappa shape index (κ1) is 19.3. The topological polar surface area (TPSA) is 101 Å². The molecule has 0 heterocycles. The van der Waals surface area contributed by atoms with Crippen LogP contribution in [0.5, 0.6) is 5.75 Å². The first-order chi connectivity index (χ1) is 8.06. The molecule has 0 aliphatic heterocycles. The summed E-state index contributed by atoms with van der Waals surface area (Å²) < 4.78 is 0. The Bertz CT molecular complexity index is 278. The van der Waals surface area contributed by atoms with Gasteiger partial charge in [0, 0.05) is 0 Å². The Morgan fingerprint density at radius 1 is 0.833 bits per heavy atom. The number of hydrogen-bond donors (Lipinski definition) is 5. The van der Waals surface area contributed by atoms with Gasteiger partial charge in [0.2, 0.25) is 0 Å². The van der Waals surface area contributed by atoms with Gasteiger partial charge in [0.25, 0.3) is 0 Å². The number of rotatable bonds is 1. The van der Waals surface area contributed by atoms with Crippen molar-refractivity contribution < 1.29 is 25.4 Å². The Morgan fingerprint density at radius 2 is 1.11 bits per heavy atom. The minimum atomic E-state index is -1.01. The van der Waals surface area contributed by atoms with Crippen LogP contribution in [0.15, 0.2) is 30.3 Å². The fraction of sp³-hybridized carbons (Fsp3) is 0.500. The van der Waals surface area contributed by atoms with Gasteiger partial charge in [-0.3, -0.25) is 0 Å². The van der Waals surface area contributed by atoms with Gasteiger partial charge in [0.1, 0.15) is 5.75 Å². The van der Waals surface area contributed by atoms with Crippen molar-refractivity contribution in [2.75, 3.05) is 0 Å². The molecule has 18 heavy (non-hydrogen) atoms. The van der Waals surface area contributed by atoms with Gasteiger partial charge in [-0.05, 0) is 39.8 Å². The predicted octanol–water partition coefficient (Wildman–Crippen LogP) is 0.158. The molecule has 1 aromatic rings. The maximum atomic E-state index is 9.10. The number of phenolic OH excluding ortho intramolecular Hbond substituents is 1. The molecule has 0 amide bonds. The Morgan fingerprint density at radius 3 is 1.22 bits per heavy atom. The fourth-order valence-corrected chi connectivity index (χ4v) is 0.428. The van der Waals surface area contributed by atoms with E-state index < -0.39 is 18.9 Å². The van der Waals surface area contributed by atoms with E-state index in [9.17, 15) is 0 Å². The first-order valence-corrected chi connectivity index (χ1v) is 5.46. The molecule has 5 N–H and O–H groups in total. The molecule has 0 aromatic heterocycles. The van der Waals surface area contributed by atoms with Crippen LogP contribution in [-0.2, 0) is 0 Å². The SMILES string of the molecule is CC(C)(O)C(C)(C)O.OBO.Oc1ccccc1. The van der Waals surface area contributed by atoms with Crippen molar-refractivity contribution in [2.45, 2.75) is 38.9 Å². The Balaban J connectivity index is 0. The number of aliphatic hydroxyl groups is 2. The van der Waals surface area contributed by atoms with Crippen LogP contribution in [0.1, 0.15) is 27.7 Å². The molecule has 0 unspecified atom stereocenters. The van der Waals surface area contributed by atoms with Crippen LogP contribution in [0.2, 0.25) is 0 Å². The van der Waals surface area contributed by atoms with Crippen LogP contribution in [0.3, 0.4) is 0 Å². The zero-order chi connectivity index (χ0) is 14.8. The van der Waals surface area contributed by atoms with Gasteiger partial charge < -0.3 is 25.4 Å². The monoisotopic (exact) mass is 258 g/mol. The second-order valence-electron chi connectivity index (χ2n) is 4.60. The van der Waals surface area contributed by atoms with Crippen molar-refractivity contribution >= 4 is 7.69 Å². The van der Waals surface area contributed by atoms with E-state index in [1.165, 1.54) is 0 Å². The van der Waals surface area contributed by atoms with E-state index in [4.69, 9.17) is 25.4 Å². The molecule has 0 saturated carbocycles. The van der Waals surface area contributed by atoms with E-state index in [2.05, 4.69) is 0 Å². The minimum Gasteiger partial charge on any atom is -0.508 e. The number of para-hydroxylation sites is 1. The van der Waals surface area contributed by atoms with Gasteiger partial charge in [-0.1, -0.05) is 18.2 Å². The van der Waals surface area contributed by atoms with Gasteiger partial charge >= 0.3 is 7.69 Å². The van der Waals surface area contributed by atoms with Crippen LogP contribution in [0.25, 0.3) is 0 Å². The highest BCUT2D eigenvalue weighted by molar-refractivity contribution is 6.13. The van der Waals surface area contributed by atoms with Crippen molar-refractivity contribution in [1.29, 1.82) is 0 Å². The molecule has 0 fully saturated rings. The lowest BCUT2D eigenvalue weighted by Gasteiger charge is -2.31. The molecule has 0 aliphatic carbocycles. The fourth-order valence-electron chi connectivity index (χ4n) is 0.428. The molecule has 0 bridgehead atoms. The lowest BCUT2D eigenvalue weighted by molar-refractivity contribution is -0.107. The summed E-state index contributed by atoms with van der Waals surface area (Å²) in [4.78, 5) is 0. The van der Waals surface area contributed by atoms with Gasteiger partial charge in [-0.25, -0.2) is 0 Å². The van der Waals surface area contributed by atoms with Crippen molar-refractivity contribution in [3.05, 3.63) is 30.3 Å². The van der Waals surface area contributed by atoms with Crippen LogP contribution in [0, 0.1) is 0 Å². The van der Waals surface area contributed by atoms with Gasteiger partial charge in [0.05, 0.1) is 11.2 Å². The molecular weight excluding hydrogens is 235 g/mol. The summed E-state index contributed by atoms with van der Waals surface area (Å²) in [6, 6.07) is 8.71. The summed E-state index contributed by atoms with van der Waals surface area (Å²) in [6.07, 6.45) is 0. The molecule has 0 saturated heterocycles. The third-order valence-electron chi connectivity index (χ3n) is 2.25. The lowest BCUT2D eigenvalue weighted by Crippen LogP contribution is -2.44. The van der Waals surface area contributed by atoms with Gasteiger partial charge in [0.15, 0.2) is 0 Å². The zero-order valence-corrected chi connectivity index (χ0v) is 11.3. The molecular formula is C12H23BO5. The number of hydrogen-bond acceptors (Lipinski definition) is 5. The van der Waals surface area contributed by atoms with E-state index in [0.29, 0.717) is 5.75 Å². The smallest absolute Gasteiger partial charge is 0.432 e. The maximum absolute atomic E-state index is 9.10. The van der Waals surface area contributed by atoms with Crippen LogP contribution >= 0.6 is 0 Å². The number of phenols is 1. The second kappa shape index (κ2) is 8.94. The molecule has 0 radical (unpaired) electrons. The highest BCUT2D eigenvalue weighted by Gasteiger charge is 2.31. The lowest BCUT2D eigenvalue weighted by atomic mass is 9.90. The van der Waals surface area contributed by atoms with E-state index >= 15 is 0 Å². The molecule has 0 aliphatic rings. The van der Waals surface area contributed by atoms with Crippen molar-refractivity contribution in [1.82, 2.24) is 0 Å². The van der Waals surface area contributed by atoms with Crippen LogP contribution < -0.4 is 0 Å². The molecule has 0 spiro atoms. The molecule has 104 valence electrons. The molecule has 1 aromatic carbocycles. The molecule has 0 atom stereocenters. The van der Waals surface area contributed by atoms with Crippen molar-refractivity contribution in [2.24, 2.45) is 0 Å². The molecule has 6 heteroatoms. The average molecular weight is 258 g/mol. The Labute approximate surface area is 109 Å².